The van der Waals surface area contributed by atoms with Gasteiger partial charge in [-0.2, -0.15) is 0 Å². The molecule has 144 valence electrons. The standard InChI is InChI=1S/C21H28N4O2/c1-15-7-10-25-14-18(23-19(25)13-15)21(27)24-11-8-17(9-12-24)22-20(26)16-5-3-2-4-6-16/h7,10,13-14,16-17H,2-6,8-9,11-12H2,1H3,(H,22,26). The van der Waals surface area contributed by atoms with Crippen molar-refractivity contribution in [1.29, 1.82) is 0 Å². The number of aryl methyl sites for hydroxylation is 1. The lowest BCUT2D eigenvalue weighted by Crippen LogP contribution is -2.48. The van der Waals surface area contributed by atoms with Crippen molar-refractivity contribution >= 4 is 17.5 Å². The molecule has 2 aliphatic rings. The van der Waals surface area contributed by atoms with Gasteiger partial charge in [0.15, 0.2) is 0 Å². The molecule has 6 nitrogen and oxygen atoms in total. The number of piperidine rings is 1. The summed E-state index contributed by atoms with van der Waals surface area (Å²) in [6.45, 7) is 3.35. The molecular formula is C21H28N4O2. The molecule has 1 saturated heterocycles. The summed E-state index contributed by atoms with van der Waals surface area (Å²) in [5.74, 6) is 0.392. The Hall–Kier alpha value is -2.37. The van der Waals surface area contributed by atoms with Gasteiger partial charge >= 0.3 is 0 Å². The molecular weight excluding hydrogens is 340 g/mol. The number of rotatable bonds is 3. The van der Waals surface area contributed by atoms with Crippen molar-refractivity contribution in [3.63, 3.8) is 0 Å². The molecule has 0 bridgehead atoms. The van der Waals surface area contributed by atoms with Gasteiger partial charge < -0.3 is 14.6 Å². The first kappa shape index (κ1) is 18.0. The van der Waals surface area contributed by atoms with Gasteiger partial charge in [-0.25, -0.2) is 4.98 Å². The van der Waals surface area contributed by atoms with Gasteiger partial charge in [-0.3, -0.25) is 9.59 Å². The highest BCUT2D eigenvalue weighted by Gasteiger charge is 2.28. The SMILES string of the molecule is Cc1ccn2cc(C(=O)N3CCC(NC(=O)C4CCCCC4)CC3)nc2c1. The van der Waals surface area contributed by atoms with E-state index in [1.807, 2.05) is 34.6 Å². The summed E-state index contributed by atoms with van der Waals surface area (Å²) in [7, 11) is 0. The molecule has 2 fully saturated rings. The summed E-state index contributed by atoms with van der Waals surface area (Å²) in [5.41, 5.74) is 2.42. The smallest absolute Gasteiger partial charge is 0.274 e. The predicted octanol–water partition coefficient (Wildman–Crippen LogP) is 2.94. The molecule has 0 radical (unpaired) electrons. The fourth-order valence-corrected chi connectivity index (χ4v) is 4.26. The van der Waals surface area contributed by atoms with Gasteiger partial charge in [-0.15, -0.1) is 0 Å². The summed E-state index contributed by atoms with van der Waals surface area (Å²) in [5, 5.41) is 3.22. The first-order chi connectivity index (χ1) is 13.1. The largest absolute Gasteiger partial charge is 0.353 e. The number of fused-ring (bicyclic) bond motifs is 1. The molecule has 1 saturated carbocycles. The molecule has 0 spiro atoms. The number of nitrogens with zero attached hydrogens (tertiary/aromatic N) is 3. The second kappa shape index (κ2) is 7.71. The van der Waals surface area contributed by atoms with Crippen molar-refractivity contribution in [1.82, 2.24) is 19.6 Å². The number of imidazole rings is 1. The van der Waals surface area contributed by atoms with E-state index in [1.165, 1.54) is 19.3 Å². The lowest BCUT2D eigenvalue weighted by Gasteiger charge is -2.33. The molecule has 4 rings (SSSR count). The van der Waals surface area contributed by atoms with Crippen LogP contribution in [0.4, 0.5) is 0 Å². The van der Waals surface area contributed by atoms with Crippen LogP contribution >= 0.6 is 0 Å². The highest BCUT2D eigenvalue weighted by Crippen LogP contribution is 2.24. The van der Waals surface area contributed by atoms with Crippen molar-refractivity contribution in [3.05, 3.63) is 35.8 Å². The van der Waals surface area contributed by atoms with E-state index in [2.05, 4.69) is 10.3 Å². The molecule has 1 aliphatic heterocycles. The third kappa shape index (κ3) is 3.99. The van der Waals surface area contributed by atoms with E-state index in [-0.39, 0.29) is 23.8 Å². The van der Waals surface area contributed by atoms with Gasteiger partial charge in [0, 0.05) is 37.4 Å². The number of carbonyl (C=O) groups excluding carboxylic acids is 2. The van der Waals surface area contributed by atoms with Gasteiger partial charge in [-0.1, -0.05) is 19.3 Å². The molecule has 2 aromatic heterocycles. The zero-order chi connectivity index (χ0) is 18.8. The van der Waals surface area contributed by atoms with Crippen LogP contribution in [-0.2, 0) is 4.79 Å². The average molecular weight is 368 g/mol. The normalized spacial score (nSPS) is 19.4. The van der Waals surface area contributed by atoms with Crippen molar-refractivity contribution < 1.29 is 9.59 Å². The summed E-state index contributed by atoms with van der Waals surface area (Å²) in [4.78, 5) is 31.6. The molecule has 0 aromatic carbocycles. The minimum absolute atomic E-state index is 0.0200. The number of likely N-dealkylation sites (tertiary alicyclic amines) is 1. The fraction of sp³-hybridized carbons (Fsp3) is 0.571. The summed E-state index contributed by atoms with van der Waals surface area (Å²) < 4.78 is 1.89. The van der Waals surface area contributed by atoms with Crippen LogP contribution in [-0.4, -0.2) is 45.2 Å². The molecule has 1 aliphatic carbocycles. The summed E-state index contributed by atoms with van der Waals surface area (Å²) in [6.07, 6.45) is 11.0. The number of hydrogen-bond donors (Lipinski definition) is 1. The number of pyridine rings is 1. The number of carbonyl (C=O) groups is 2. The Morgan fingerprint density at radius 2 is 1.85 bits per heavy atom. The van der Waals surface area contributed by atoms with Crippen LogP contribution in [0.25, 0.3) is 5.65 Å². The second-order valence-corrected chi connectivity index (χ2v) is 8.01. The number of aromatic nitrogens is 2. The first-order valence-electron chi connectivity index (χ1n) is 10.1. The highest BCUT2D eigenvalue weighted by molar-refractivity contribution is 5.93. The van der Waals surface area contributed by atoms with Crippen molar-refractivity contribution in [2.75, 3.05) is 13.1 Å². The fourth-order valence-electron chi connectivity index (χ4n) is 4.26. The molecule has 0 unspecified atom stereocenters. The Kier molecular flexibility index (Phi) is 5.14. The second-order valence-electron chi connectivity index (χ2n) is 8.01. The van der Waals surface area contributed by atoms with Gasteiger partial charge in [0.05, 0.1) is 0 Å². The third-order valence-electron chi connectivity index (χ3n) is 5.94. The van der Waals surface area contributed by atoms with E-state index >= 15 is 0 Å². The molecule has 6 heteroatoms. The van der Waals surface area contributed by atoms with Gasteiger partial charge in [0.25, 0.3) is 5.91 Å². The topological polar surface area (TPSA) is 66.7 Å². The Labute approximate surface area is 159 Å². The Balaban J connectivity index is 1.32. The summed E-state index contributed by atoms with van der Waals surface area (Å²) in [6, 6.07) is 4.17. The zero-order valence-electron chi connectivity index (χ0n) is 16.0. The minimum Gasteiger partial charge on any atom is -0.353 e. The van der Waals surface area contributed by atoms with Crippen LogP contribution in [0.15, 0.2) is 24.5 Å². The minimum atomic E-state index is -0.0200. The quantitative estimate of drug-likeness (QED) is 0.906. The molecule has 2 amide bonds. The summed E-state index contributed by atoms with van der Waals surface area (Å²) >= 11 is 0. The van der Waals surface area contributed by atoms with Crippen LogP contribution in [0.2, 0.25) is 0 Å². The number of hydrogen-bond acceptors (Lipinski definition) is 3. The van der Waals surface area contributed by atoms with E-state index in [9.17, 15) is 9.59 Å². The highest BCUT2D eigenvalue weighted by atomic mass is 16.2. The van der Waals surface area contributed by atoms with Crippen LogP contribution in [0.3, 0.4) is 0 Å². The number of nitrogens with one attached hydrogen (secondary N) is 1. The van der Waals surface area contributed by atoms with Crippen LogP contribution in [0.5, 0.6) is 0 Å². The van der Waals surface area contributed by atoms with Crippen LogP contribution in [0, 0.1) is 12.8 Å². The molecule has 1 N–H and O–H groups in total. The lowest BCUT2D eigenvalue weighted by atomic mass is 9.88. The Morgan fingerprint density at radius 1 is 1.11 bits per heavy atom. The monoisotopic (exact) mass is 368 g/mol. The van der Waals surface area contributed by atoms with Gasteiger partial charge in [0.1, 0.15) is 11.3 Å². The maximum Gasteiger partial charge on any atom is 0.274 e. The third-order valence-corrected chi connectivity index (χ3v) is 5.94. The van der Waals surface area contributed by atoms with Gasteiger partial charge in [0.2, 0.25) is 5.91 Å². The van der Waals surface area contributed by atoms with Crippen LogP contribution < -0.4 is 5.32 Å². The maximum absolute atomic E-state index is 12.8. The van der Waals surface area contributed by atoms with Crippen molar-refractivity contribution in [2.45, 2.75) is 57.9 Å². The van der Waals surface area contributed by atoms with E-state index in [0.29, 0.717) is 18.8 Å². The molecule has 27 heavy (non-hydrogen) atoms. The van der Waals surface area contributed by atoms with E-state index in [4.69, 9.17) is 0 Å². The van der Waals surface area contributed by atoms with E-state index in [0.717, 1.165) is 36.9 Å². The van der Waals surface area contributed by atoms with Crippen molar-refractivity contribution in [2.24, 2.45) is 5.92 Å². The molecule has 2 aromatic rings. The molecule has 0 atom stereocenters. The van der Waals surface area contributed by atoms with Gasteiger partial charge in [-0.05, 0) is 50.3 Å². The van der Waals surface area contributed by atoms with E-state index < -0.39 is 0 Å². The van der Waals surface area contributed by atoms with E-state index in [1.54, 1.807) is 6.20 Å². The maximum atomic E-state index is 12.8. The lowest BCUT2D eigenvalue weighted by molar-refractivity contribution is -0.126. The van der Waals surface area contributed by atoms with Crippen LogP contribution in [0.1, 0.15) is 61.0 Å². The average Bonchev–Trinajstić information content (AvgIpc) is 3.12. The predicted molar refractivity (Wildman–Crippen MR) is 104 cm³/mol. The first-order valence-corrected chi connectivity index (χ1v) is 10.1. The van der Waals surface area contributed by atoms with Crippen molar-refractivity contribution in [3.8, 4) is 0 Å². The number of amides is 2. The Bertz CT molecular complexity index is 830. The molecule has 3 heterocycles. The Morgan fingerprint density at radius 3 is 2.59 bits per heavy atom. The zero-order valence-corrected chi connectivity index (χ0v) is 16.0.